The van der Waals surface area contributed by atoms with Gasteiger partial charge < -0.3 is 15.8 Å². The molecule has 2 atom stereocenters. The highest BCUT2D eigenvalue weighted by atomic mass is 32.1. The zero-order valence-corrected chi connectivity index (χ0v) is 14.5. The number of nitrogens with zero attached hydrogens (tertiary/aromatic N) is 1. The van der Waals surface area contributed by atoms with Crippen molar-refractivity contribution in [3.8, 4) is 0 Å². The maximum Gasteiger partial charge on any atom is 0.270 e. The van der Waals surface area contributed by atoms with Gasteiger partial charge in [-0.3, -0.25) is 4.79 Å². The first-order chi connectivity index (χ1) is 10.4. The normalized spacial score (nSPS) is 22.5. The molecule has 3 N–H and O–H groups in total. The number of rotatable bonds is 5. The molecule has 22 heavy (non-hydrogen) atoms. The Hall–Kier alpha value is -0.980. The number of thiazole rings is 1. The molecule has 5 nitrogen and oxygen atoms in total. The van der Waals surface area contributed by atoms with Crippen molar-refractivity contribution in [1.82, 2.24) is 10.3 Å². The number of aromatic nitrogens is 1. The SMILES string of the molecule is CC(C)(C)C1OCCCC1CNC(=O)c1csc(CCN)n1. The summed E-state index contributed by atoms with van der Waals surface area (Å²) < 4.78 is 5.95. The Kier molecular flexibility index (Phi) is 5.94. The summed E-state index contributed by atoms with van der Waals surface area (Å²) in [7, 11) is 0. The second-order valence-electron chi connectivity index (χ2n) is 6.93. The van der Waals surface area contributed by atoms with Crippen molar-refractivity contribution >= 4 is 17.2 Å². The lowest BCUT2D eigenvalue weighted by atomic mass is 9.78. The van der Waals surface area contributed by atoms with E-state index >= 15 is 0 Å². The molecule has 1 aliphatic rings. The summed E-state index contributed by atoms with van der Waals surface area (Å²) in [5.41, 5.74) is 6.10. The van der Waals surface area contributed by atoms with Gasteiger partial charge >= 0.3 is 0 Å². The van der Waals surface area contributed by atoms with E-state index in [0.29, 0.717) is 24.7 Å². The van der Waals surface area contributed by atoms with E-state index in [4.69, 9.17) is 10.5 Å². The largest absolute Gasteiger partial charge is 0.377 e. The third kappa shape index (κ3) is 4.51. The average molecular weight is 325 g/mol. The molecule has 1 aliphatic heterocycles. The van der Waals surface area contributed by atoms with E-state index in [0.717, 1.165) is 30.9 Å². The van der Waals surface area contributed by atoms with Crippen LogP contribution in [0.15, 0.2) is 5.38 Å². The minimum atomic E-state index is -0.0993. The van der Waals surface area contributed by atoms with Gasteiger partial charge in [-0.25, -0.2) is 4.98 Å². The van der Waals surface area contributed by atoms with Gasteiger partial charge in [0.05, 0.1) is 11.1 Å². The Morgan fingerprint density at radius 3 is 3.00 bits per heavy atom. The molecule has 1 saturated heterocycles. The molecule has 2 rings (SSSR count). The summed E-state index contributed by atoms with van der Waals surface area (Å²) in [4.78, 5) is 16.5. The van der Waals surface area contributed by atoms with E-state index in [-0.39, 0.29) is 17.4 Å². The molecule has 0 saturated carbocycles. The van der Waals surface area contributed by atoms with Gasteiger partial charge in [0, 0.05) is 30.9 Å². The van der Waals surface area contributed by atoms with Crippen LogP contribution in [0.5, 0.6) is 0 Å². The predicted octanol–water partition coefficient (Wildman–Crippen LogP) is 2.22. The third-order valence-corrected chi connectivity index (χ3v) is 4.87. The summed E-state index contributed by atoms with van der Waals surface area (Å²) >= 11 is 1.49. The molecular formula is C16H27N3O2S. The fourth-order valence-electron chi connectivity index (χ4n) is 2.98. The Morgan fingerprint density at radius 2 is 2.32 bits per heavy atom. The van der Waals surface area contributed by atoms with Crippen LogP contribution < -0.4 is 11.1 Å². The second kappa shape index (κ2) is 7.53. The monoisotopic (exact) mass is 325 g/mol. The van der Waals surface area contributed by atoms with Crippen LogP contribution in [-0.2, 0) is 11.2 Å². The molecule has 1 amide bonds. The van der Waals surface area contributed by atoms with Crippen LogP contribution in [0.3, 0.4) is 0 Å². The van der Waals surface area contributed by atoms with Crippen LogP contribution >= 0.6 is 11.3 Å². The van der Waals surface area contributed by atoms with Crippen LogP contribution in [0.1, 0.15) is 49.1 Å². The standard InChI is InChI=1S/C16H27N3O2S/c1-16(2,3)14-11(5-4-8-21-14)9-18-15(20)12-10-22-13(19-12)6-7-17/h10-11,14H,4-9,17H2,1-3H3,(H,18,20). The lowest BCUT2D eigenvalue weighted by Crippen LogP contribution is -2.45. The summed E-state index contributed by atoms with van der Waals surface area (Å²) in [5, 5.41) is 5.74. The minimum Gasteiger partial charge on any atom is -0.377 e. The van der Waals surface area contributed by atoms with Gasteiger partial charge in [-0.1, -0.05) is 20.8 Å². The molecule has 0 bridgehead atoms. The number of carbonyl (C=O) groups excluding carboxylic acids is 1. The van der Waals surface area contributed by atoms with Crippen molar-refractivity contribution in [3.05, 3.63) is 16.1 Å². The molecule has 0 aromatic carbocycles. The van der Waals surface area contributed by atoms with Crippen molar-refractivity contribution in [2.45, 2.75) is 46.1 Å². The molecule has 2 unspecified atom stereocenters. The van der Waals surface area contributed by atoms with Crippen molar-refractivity contribution in [2.75, 3.05) is 19.7 Å². The molecule has 6 heteroatoms. The van der Waals surface area contributed by atoms with E-state index < -0.39 is 0 Å². The number of amides is 1. The maximum atomic E-state index is 12.2. The molecule has 124 valence electrons. The molecular weight excluding hydrogens is 298 g/mol. The van der Waals surface area contributed by atoms with Gasteiger partial charge in [0.2, 0.25) is 0 Å². The van der Waals surface area contributed by atoms with Crippen LogP contribution in [0.4, 0.5) is 0 Å². The van der Waals surface area contributed by atoms with Gasteiger partial charge in [0.15, 0.2) is 0 Å². The van der Waals surface area contributed by atoms with E-state index in [9.17, 15) is 4.79 Å². The first-order valence-corrected chi connectivity index (χ1v) is 8.84. The van der Waals surface area contributed by atoms with Gasteiger partial charge in [-0.05, 0) is 24.8 Å². The van der Waals surface area contributed by atoms with Gasteiger partial charge in [-0.2, -0.15) is 0 Å². The Balaban J connectivity index is 1.91. The number of ether oxygens (including phenoxy) is 1. The zero-order valence-electron chi connectivity index (χ0n) is 13.7. The zero-order chi connectivity index (χ0) is 16.2. The van der Waals surface area contributed by atoms with Crippen molar-refractivity contribution < 1.29 is 9.53 Å². The highest BCUT2D eigenvalue weighted by Crippen LogP contribution is 2.33. The third-order valence-electron chi connectivity index (χ3n) is 3.97. The van der Waals surface area contributed by atoms with Gasteiger partial charge in [0.1, 0.15) is 5.69 Å². The molecule has 0 aliphatic carbocycles. The van der Waals surface area contributed by atoms with E-state index in [1.54, 1.807) is 5.38 Å². The number of hydrogen-bond donors (Lipinski definition) is 2. The molecule has 1 aromatic rings. The fourth-order valence-corrected chi connectivity index (χ4v) is 3.77. The Labute approximate surface area is 136 Å². The number of hydrogen-bond acceptors (Lipinski definition) is 5. The van der Waals surface area contributed by atoms with Crippen molar-refractivity contribution in [1.29, 1.82) is 0 Å². The summed E-state index contributed by atoms with van der Waals surface area (Å²) in [6.45, 7) is 8.60. The fraction of sp³-hybridized carbons (Fsp3) is 0.750. The quantitative estimate of drug-likeness (QED) is 0.870. The molecule has 0 radical (unpaired) electrons. The predicted molar refractivity (Wildman–Crippen MR) is 89.1 cm³/mol. The van der Waals surface area contributed by atoms with Gasteiger partial charge in [0.25, 0.3) is 5.91 Å². The topological polar surface area (TPSA) is 77.2 Å². The molecule has 1 fully saturated rings. The highest BCUT2D eigenvalue weighted by Gasteiger charge is 2.35. The molecule has 0 spiro atoms. The van der Waals surface area contributed by atoms with E-state index in [1.807, 2.05) is 0 Å². The lowest BCUT2D eigenvalue weighted by Gasteiger charge is -2.40. The molecule has 1 aromatic heterocycles. The van der Waals surface area contributed by atoms with Crippen molar-refractivity contribution in [3.63, 3.8) is 0 Å². The Morgan fingerprint density at radius 1 is 1.55 bits per heavy atom. The minimum absolute atomic E-state index is 0.0880. The first-order valence-electron chi connectivity index (χ1n) is 7.96. The van der Waals surface area contributed by atoms with Crippen molar-refractivity contribution in [2.24, 2.45) is 17.1 Å². The average Bonchev–Trinajstić information content (AvgIpc) is 2.93. The number of nitrogens with one attached hydrogen (secondary N) is 1. The van der Waals surface area contributed by atoms with Crippen LogP contribution in [0.2, 0.25) is 0 Å². The van der Waals surface area contributed by atoms with E-state index in [1.165, 1.54) is 11.3 Å². The lowest BCUT2D eigenvalue weighted by molar-refractivity contribution is -0.0839. The summed E-state index contributed by atoms with van der Waals surface area (Å²) in [5.74, 6) is 0.262. The maximum absolute atomic E-state index is 12.2. The summed E-state index contributed by atoms with van der Waals surface area (Å²) in [6.07, 6.45) is 3.06. The second-order valence-corrected chi connectivity index (χ2v) is 7.88. The first kappa shape index (κ1) is 17.4. The Bertz CT molecular complexity index is 496. The molecule has 2 heterocycles. The summed E-state index contributed by atoms with van der Waals surface area (Å²) in [6, 6.07) is 0. The van der Waals surface area contributed by atoms with Crippen LogP contribution in [0, 0.1) is 11.3 Å². The van der Waals surface area contributed by atoms with Gasteiger partial charge in [-0.15, -0.1) is 11.3 Å². The van der Waals surface area contributed by atoms with E-state index in [2.05, 4.69) is 31.1 Å². The number of nitrogens with two attached hydrogens (primary N) is 1. The highest BCUT2D eigenvalue weighted by molar-refractivity contribution is 7.09. The van der Waals surface area contributed by atoms with Crippen LogP contribution in [-0.4, -0.2) is 36.7 Å². The van der Waals surface area contributed by atoms with Crippen LogP contribution in [0.25, 0.3) is 0 Å². The smallest absolute Gasteiger partial charge is 0.270 e. The number of carbonyl (C=O) groups is 1.